The van der Waals surface area contributed by atoms with Gasteiger partial charge in [-0.05, 0) is 43.5 Å². The topological polar surface area (TPSA) is 77.8 Å². The number of carboxylic acid groups (broad SMARTS) is 1. The Balaban J connectivity index is 2.12. The third kappa shape index (κ3) is 2.66. The molecule has 1 aromatic carbocycles. The first-order valence-electron chi connectivity index (χ1n) is 6.45. The molecule has 20 heavy (non-hydrogen) atoms. The molecule has 0 bridgehead atoms. The normalized spacial score (nSPS) is 22.4. The summed E-state index contributed by atoms with van der Waals surface area (Å²) in [5, 5.41) is 18.4. The lowest BCUT2D eigenvalue weighted by Gasteiger charge is -2.30. The van der Waals surface area contributed by atoms with Gasteiger partial charge in [0.1, 0.15) is 11.3 Å². The van der Waals surface area contributed by atoms with Crippen LogP contribution in [0.3, 0.4) is 0 Å². The van der Waals surface area contributed by atoms with Crippen LogP contribution >= 0.6 is 0 Å². The molecule has 2 N–H and O–H groups in total. The number of carboxylic acids is 1. The second-order valence-corrected chi connectivity index (χ2v) is 5.10. The Morgan fingerprint density at radius 1 is 1.30 bits per heavy atom. The molecular formula is C15H17NO4. The first-order valence-corrected chi connectivity index (χ1v) is 6.45. The lowest BCUT2D eigenvalue weighted by Crippen LogP contribution is -2.50. The van der Waals surface area contributed by atoms with E-state index in [1.165, 1.54) is 23.1 Å². The maximum atomic E-state index is 12.1. The predicted octanol–water partition coefficient (Wildman–Crippen LogP) is 1.87. The Bertz CT molecular complexity index is 549. The molecule has 1 atom stereocenters. The van der Waals surface area contributed by atoms with E-state index in [9.17, 15) is 19.8 Å². The summed E-state index contributed by atoms with van der Waals surface area (Å²) >= 11 is 0. The van der Waals surface area contributed by atoms with Crippen molar-refractivity contribution in [3.05, 3.63) is 35.9 Å². The number of carbonyl (C=O) groups is 2. The van der Waals surface area contributed by atoms with Gasteiger partial charge in [0, 0.05) is 12.6 Å². The third-order valence-corrected chi connectivity index (χ3v) is 3.68. The van der Waals surface area contributed by atoms with Gasteiger partial charge in [0.25, 0.3) is 0 Å². The Morgan fingerprint density at radius 2 is 1.95 bits per heavy atom. The summed E-state index contributed by atoms with van der Waals surface area (Å²) in [7, 11) is 0. The first-order chi connectivity index (χ1) is 9.43. The molecule has 106 valence electrons. The smallest absolute Gasteiger partial charge is 0.329 e. The van der Waals surface area contributed by atoms with E-state index in [0.29, 0.717) is 19.4 Å². The van der Waals surface area contributed by atoms with Crippen LogP contribution < -0.4 is 0 Å². The van der Waals surface area contributed by atoms with Crippen molar-refractivity contribution in [3.63, 3.8) is 0 Å². The van der Waals surface area contributed by atoms with E-state index >= 15 is 0 Å². The number of phenols is 1. The van der Waals surface area contributed by atoms with Crippen molar-refractivity contribution in [3.8, 4) is 5.75 Å². The number of hydrogen-bond acceptors (Lipinski definition) is 3. The minimum atomic E-state index is -1.11. The van der Waals surface area contributed by atoms with Gasteiger partial charge in [-0.3, -0.25) is 4.79 Å². The molecule has 1 heterocycles. The van der Waals surface area contributed by atoms with Crippen LogP contribution in [0.25, 0.3) is 6.08 Å². The molecule has 1 aromatic rings. The number of phenolic OH excluding ortho intramolecular Hbond substituents is 1. The lowest BCUT2D eigenvalue weighted by atomic mass is 9.99. The number of nitrogens with zero attached hydrogens (tertiary/aromatic N) is 1. The summed E-state index contributed by atoms with van der Waals surface area (Å²) in [4.78, 5) is 24.8. The molecule has 2 rings (SSSR count). The van der Waals surface area contributed by atoms with E-state index in [1.807, 2.05) is 0 Å². The summed E-state index contributed by atoms with van der Waals surface area (Å²) in [5.74, 6) is -1.12. The molecule has 0 aliphatic carbocycles. The second-order valence-electron chi connectivity index (χ2n) is 5.10. The highest BCUT2D eigenvalue weighted by molar-refractivity contribution is 5.96. The molecule has 0 aromatic heterocycles. The monoisotopic (exact) mass is 275 g/mol. The van der Waals surface area contributed by atoms with E-state index in [-0.39, 0.29) is 11.7 Å². The van der Waals surface area contributed by atoms with Gasteiger partial charge in [0.05, 0.1) is 0 Å². The van der Waals surface area contributed by atoms with Gasteiger partial charge in [0.2, 0.25) is 5.91 Å². The molecule has 0 saturated carbocycles. The van der Waals surface area contributed by atoms with E-state index in [4.69, 9.17) is 0 Å². The average molecular weight is 275 g/mol. The fraction of sp³-hybridized carbons (Fsp3) is 0.333. The Morgan fingerprint density at radius 3 is 2.55 bits per heavy atom. The van der Waals surface area contributed by atoms with Crippen LogP contribution in [0.15, 0.2) is 30.3 Å². The molecule has 1 aliphatic rings. The third-order valence-electron chi connectivity index (χ3n) is 3.68. The predicted molar refractivity (Wildman–Crippen MR) is 74.1 cm³/mol. The van der Waals surface area contributed by atoms with Crippen LogP contribution in [0.2, 0.25) is 0 Å². The maximum Gasteiger partial charge on any atom is 0.329 e. The standard InChI is InChI=1S/C15H17NO4/c1-15(14(19)20)9-2-10-16(15)13(18)8-5-11-3-6-12(17)7-4-11/h3-8,17H,2,9-10H2,1H3,(H,19,20). The summed E-state index contributed by atoms with van der Waals surface area (Å²) in [6.45, 7) is 2.04. The number of carbonyl (C=O) groups excluding carboxylic acids is 1. The van der Waals surface area contributed by atoms with Crippen molar-refractivity contribution in [1.29, 1.82) is 0 Å². The number of likely N-dealkylation sites (tertiary alicyclic amines) is 1. The molecule has 1 fully saturated rings. The zero-order valence-corrected chi connectivity index (χ0v) is 11.2. The van der Waals surface area contributed by atoms with Gasteiger partial charge in [-0.15, -0.1) is 0 Å². The van der Waals surface area contributed by atoms with Gasteiger partial charge < -0.3 is 15.1 Å². The summed E-state index contributed by atoms with van der Waals surface area (Å²) in [5.41, 5.74) is -0.344. The van der Waals surface area contributed by atoms with Crippen LogP contribution in [0.1, 0.15) is 25.3 Å². The number of aliphatic carboxylic acids is 1. The van der Waals surface area contributed by atoms with Crippen LogP contribution in [0.5, 0.6) is 5.75 Å². The molecule has 1 saturated heterocycles. The molecule has 0 spiro atoms. The van der Waals surface area contributed by atoms with Gasteiger partial charge in [0.15, 0.2) is 0 Å². The summed E-state index contributed by atoms with van der Waals surface area (Å²) in [6.07, 6.45) is 4.16. The molecule has 1 amide bonds. The zero-order valence-electron chi connectivity index (χ0n) is 11.2. The highest BCUT2D eigenvalue weighted by atomic mass is 16.4. The molecule has 1 aliphatic heterocycles. The number of amides is 1. The second kappa shape index (κ2) is 5.36. The molecule has 0 radical (unpaired) electrons. The van der Waals surface area contributed by atoms with Crippen LogP contribution in [0, 0.1) is 0 Å². The van der Waals surface area contributed by atoms with Crippen LogP contribution in [-0.2, 0) is 9.59 Å². The minimum absolute atomic E-state index is 0.159. The van der Waals surface area contributed by atoms with E-state index < -0.39 is 11.5 Å². The first kappa shape index (κ1) is 14.1. The van der Waals surface area contributed by atoms with Crippen molar-refractivity contribution < 1.29 is 19.8 Å². The van der Waals surface area contributed by atoms with Gasteiger partial charge >= 0.3 is 5.97 Å². The molecule has 5 nitrogen and oxygen atoms in total. The largest absolute Gasteiger partial charge is 0.508 e. The van der Waals surface area contributed by atoms with E-state index in [2.05, 4.69) is 0 Å². The zero-order chi connectivity index (χ0) is 14.8. The van der Waals surface area contributed by atoms with Gasteiger partial charge in [-0.2, -0.15) is 0 Å². The van der Waals surface area contributed by atoms with Gasteiger partial charge in [-0.25, -0.2) is 4.79 Å². The van der Waals surface area contributed by atoms with E-state index in [1.54, 1.807) is 25.1 Å². The van der Waals surface area contributed by atoms with Crippen molar-refractivity contribution in [2.45, 2.75) is 25.3 Å². The molecule has 1 unspecified atom stereocenters. The lowest BCUT2D eigenvalue weighted by molar-refractivity contribution is -0.153. The minimum Gasteiger partial charge on any atom is -0.508 e. The van der Waals surface area contributed by atoms with E-state index in [0.717, 1.165) is 5.56 Å². The van der Waals surface area contributed by atoms with Crippen molar-refractivity contribution in [1.82, 2.24) is 4.90 Å². The van der Waals surface area contributed by atoms with Crippen molar-refractivity contribution >= 4 is 18.0 Å². The Kier molecular flexibility index (Phi) is 3.79. The molecule has 5 heteroatoms. The van der Waals surface area contributed by atoms with Crippen LogP contribution in [-0.4, -0.2) is 39.1 Å². The molecular weight excluding hydrogens is 258 g/mol. The fourth-order valence-corrected chi connectivity index (χ4v) is 2.38. The Labute approximate surface area is 117 Å². The summed E-state index contributed by atoms with van der Waals surface area (Å²) in [6, 6.07) is 6.42. The SMILES string of the molecule is CC1(C(=O)O)CCCN1C(=O)C=Cc1ccc(O)cc1. The number of aromatic hydroxyl groups is 1. The van der Waals surface area contributed by atoms with Crippen molar-refractivity contribution in [2.75, 3.05) is 6.54 Å². The maximum absolute atomic E-state index is 12.1. The average Bonchev–Trinajstić information content (AvgIpc) is 2.81. The van der Waals surface area contributed by atoms with Gasteiger partial charge in [-0.1, -0.05) is 12.1 Å². The van der Waals surface area contributed by atoms with Crippen LogP contribution in [0.4, 0.5) is 0 Å². The quantitative estimate of drug-likeness (QED) is 0.825. The fourth-order valence-electron chi connectivity index (χ4n) is 2.38. The Hall–Kier alpha value is -2.30. The number of rotatable bonds is 3. The number of hydrogen-bond donors (Lipinski definition) is 2. The highest BCUT2D eigenvalue weighted by Gasteiger charge is 2.45. The van der Waals surface area contributed by atoms with Crippen molar-refractivity contribution in [2.24, 2.45) is 0 Å². The highest BCUT2D eigenvalue weighted by Crippen LogP contribution is 2.29. The summed E-state index contributed by atoms with van der Waals surface area (Å²) < 4.78 is 0. The number of benzene rings is 1.